The number of rotatable bonds is 3. The molecule has 6 rings (SSSR count). The second-order valence-electron chi connectivity index (χ2n) is 11.9. The van der Waals surface area contributed by atoms with Crippen LogP contribution in [0.2, 0.25) is 0 Å². The first-order valence-electron chi connectivity index (χ1n) is 12.0. The van der Waals surface area contributed by atoms with E-state index in [0.29, 0.717) is 12.8 Å². The molecule has 6 fully saturated rings. The average Bonchev–Trinajstić information content (AvgIpc) is 2.80. The molecule has 0 aromatic rings. The molecular weight excluding hydrogens is 432 g/mol. The van der Waals surface area contributed by atoms with Crippen molar-refractivity contribution in [1.82, 2.24) is 0 Å². The Morgan fingerprint density at radius 3 is 2.39 bits per heavy atom. The number of fused-ring (bicyclic) bond motifs is 2. The molecule has 2 spiro atoms. The van der Waals surface area contributed by atoms with Gasteiger partial charge in [-0.15, -0.1) is 0 Å². The summed E-state index contributed by atoms with van der Waals surface area (Å²) < 4.78 is 17.0. The van der Waals surface area contributed by atoms with Crippen LogP contribution in [0.3, 0.4) is 0 Å². The molecule has 0 radical (unpaired) electrons. The lowest BCUT2D eigenvalue weighted by Gasteiger charge is -2.75. The Labute approximate surface area is 193 Å². The van der Waals surface area contributed by atoms with Gasteiger partial charge >= 0.3 is 11.9 Å². The number of carbonyl (C=O) groups is 2. The molecule has 9 nitrogen and oxygen atoms in total. The van der Waals surface area contributed by atoms with Crippen LogP contribution < -0.4 is 0 Å². The summed E-state index contributed by atoms with van der Waals surface area (Å²) in [6, 6.07) is 0. The highest BCUT2D eigenvalue weighted by Crippen LogP contribution is 2.78. The summed E-state index contributed by atoms with van der Waals surface area (Å²) in [6.07, 6.45) is -0.601. The fourth-order valence-corrected chi connectivity index (χ4v) is 9.18. The number of aliphatic hydroxyl groups excluding tert-OH is 2. The van der Waals surface area contributed by atoms with E-state index < -0.39 is 65.0 Å². The van der Waals surface area contributed by atoms with Gasteiger partial charge in [-0.05, 0) is 37.0 Å². The first kappa shape index (κ1) is 23.5. The van der Waals surface area contributed by atoms with E-state index in [4.69, 9.17) is 14.2 Å². The maximum Gasteiger partial charge on any atom is 0.303 e. The molecule has 33 heavy (non-hydrogen) atoms. The molecule has 1 unspecified atom stereocenters. The van der Waals surface area contributed by atoms with Gasteiger partial charge in [0, 0.05) is 31.1 Å². The van der Waals surface area contributed by atoms with Gasteiger partial charge in [0.2, 0.25) is 5.79 Å². The molecule has 4 bridgehead atoms. The van der Waals surface area contributed by atoms with E-state index >= 15 is 0 Å². The Kier molecular flexibility index (Phi) is 4.91. The van der Waals surface area contributed by atoms with E-state index in [1.807, 2.05) is 0 Å². The number of hydrogen-bond acceptors (Lipinski definition) is 9. The van der Waals surface area contributed by atoms with Gasteiger partial charge < -0.3 is 34.6 Å². The molecule has 2 heterocycles. The van der Waals surface area contributed by atoms with E-state index in [-0.39, 0.29) is 23.9 Å². The summed E-state index contributed by atoms with van der Waals surface area (Å²) in [7, 11) is 0. The topological polar surface area (TPSA) is 143 Å². The first-order chi connectivity index (χ1) is 15.3. The minimum atomic E-state index is -2.21. The Hall–Kier alpha value is -1.26. The highest BCUT2D eigenvalue weighted by molar-refractivity contribution is 5.66. The normalized spacial score (nSPS) is 53.7. The van der Waals surface area contributed by atoms with Gasteiger partial charge in [0.25, 0.3) is 0 Å². The first-order valence-corrected chi connectivity index (χ1v) is 12.0. The fourth-order valence-electron chi connectivity index (χ4n) is 9.18. The Morgan fingerprint density at radius 1 is 1.06 bits per heavy atom. The van der Waals surface area contributed by atoms with Gasteiger partial charge in [-0.2, -0.15) is 0 Å². The van der Waals surface area contributed by atoms with E-state index in [1.165, 1.54) is 13.8 Å². The second kappa shape index (κ2) is 6.91. The molecule has 6 aliphatic rings. The van der Waals surface area contributed by atoms with Gasteiger partial charge in [-0.25, -0.2) is 0 Å². The molecule has 2 aliphatic heterocycles. The minimum absolute atomic E-state index is 0.230. The molecule has 10 atom stereocenters. The van der Waals surface area contributed by atoms with Crippen LogP contribution in [0.4, 0.5) is 0 Å². The summed E-state index contributed by atoms with van der Waals surface area (Å²) in [4.78, 5) is 23.7. The van der Waals surface area contributed by atoms with Gasteiger partial charge in [0.05, 0.1) is 18.1 Å². The molecule has 2 saturated heterocycles. The van der Waals surface area contributed by atoms with Crippen molar-refractivity contribution < 1.29 is 44.2 Å². The molecule has 4 N–H and O–H groups in total. The van der Waals surface area contributed by atoms with Crippen LogP contribution in [0.15, 0.2) is 0 Å². The van der Waals surface area contributed by atoms with Crippen molar-refractivity contribution >= 4 is 11.9 Å². The standard InChI is InChI=1S/C24H36O9/c1-12(25)31-11-22(29)14-6-7-15-21-9-5-8-20(3,4)16(21)18(33-13(2)26)24(30,32-10-21)23(15,17(14)27)19(22)28/h14-19,27-30H,5-11H2,1-4H3/t14-,15+,16-,17?,18+,19-,21-,22-,23-,24-/m1/s1. The Morgan fingerprint density at radius 2 is 1.76 bits per heavy atom. The number of aliphatic hydroxyl groups is 4. The van der Waals surface area contributed by atoms with E-state index in [9.17, 15) is 30.0 Å². The second-order valence-corrected chi connectivity index (χ2v) is 11.9. The van der Waals surface area contributed by atoms with Crippen molar-refractivity contribution in [2.45, 2.75) is 89.5 Å². The fraction of sp³-hybridized carbons (Fsp3) is 0.917. The average molecular weight is 469 g/mol. The zero-order valence-corrected chi connectivity index (χ0v) is 19.7. The quantitative estimate of drug-likeness (QED) is 0.436. The van der Waals surface area contributed by atoms with Gasteiger partial charge in [-0.1, -0.05) is 20.3 Å². The molecule has 9 heteroatoms. The predicted octanol–water partition coefficient (Wildman–Crippen LogP) is 0.505. The monoisotopic (exact) mass is 468 g/mol. The summed E-state index contributed by atoms with van der Waals surface area (Å²) >= 11 is 0. The van der Waals surface area contributed by atoms with Gasteiger partial charge in [0.1, 0.15) is 18.3 Å². The van der Waals surface area contributed by atoms with E-state index in [0.717, 1.165) is 19.3 Å². The lowest BCUT2D eigenvalue weighted by atomic mass is 9.36. The maximum atomic E-state index is 12.3. The third-order valence-corrected chi connectivity index (χ3v) is 10.1. The molecular formula is C24H36O9. The van der Waals surface area contributed by atoms with Crippen LogP contribution in [0.5, 0.6) is 0 Å². The lowest BCUT2D eigenvalue weighted by molar-refractivity contribution is -0.469. The minimum Gasteiger partial charge on any atom is -0.463 e. The highest BCUT2D eigenvalue weighted by Gasteiger charge is 2.89. The van der Waals surface area contributed by atoms with Crippen LogP contribution in [0.25, 0.3) is 0 Å². The van der Waals surface area contributed by atoms with E-state index in [2.05, 4.69) is 13.8 Å². The highest BCUT2D eigenvalue weighted by atomic mass is 16.7. The summed E-state index contributed by atoms with van der Waals surface area (Å²) in [5, 5.41) is 47.4. The van der Waals surface area contributed by atoms with Crippen molar-refractivity contribution in [3.8, 4) is 0 Å². The van der Waals surface area contributed by atoms with Crippen molar-refractivity contribution in [3.63, 3.8) is 0 Å². The van der Waals surface area contributed by atoms with Crippen molar-refractivity contribution in [1.29, 1.82) is 0 Å². The summed E-state index contributed by atoms with van der Waals surface area (Å²) in [5.41, 5.74) is -4.48. The largest absolute Gasteiger partial charge is 0.463 e. The molecule has 4 aliphatic carbocycles. The number of esters is 2. The van der Waals surface area contributed by atoms with Crippen LogP contribution in [-0.4, -0.2) is 75.3 Å². The van der Waals surface area contributed by atoms with Gasteiger partial charge in [-0.3, -0.25) is 9.59 Å². The third-order valence-electron chi connectivity index (χ3n) is 10.1. The van der Waals surface area contributed by atoms with Crippen LogP contribution in [0.1, 0.15) is 59.8 Å². The smallest absolute Gasteiger partial charge is 0.303 e. The third kappa shape index (κ3) is 2.55. The summed E-state index contributed by atoms with van der Waals surface area (Å²) in [5.74, 6) is -4.85. The zero-order valence-electron chi connectivity index (χ0n) is 19.7. The zero-order chi connectivity index (χ0) is 24.2. The number of ether oxygens (including phenoxy) is 3. The Bertz CT molecular complexity index is 874. The molecule has 0 amide bonds. The summed E-state index contributed by atoms with van der Waals surface area (Å²) in [6.45, 7) is 6.42. The molecule has 4 saturated carbocycles. The van der Waals surface area contributed by atoms with Crippen molar-refractivity contribution in [2.75, 3.05) is 13.2 Å². The van der Waals surface area contributed by atoms with Crippen molar-refractivity contribution in [3.05, 3.63) is 0 Å². The molecule has 0 aromatic heterocycles. The molecule has 0 aromatic carbocycles. The van der Waals surface area contributed by atoms with Gasteiger partial charge in [0.15, 0.2) is 6.10 Å². The lowest BCUT2D eigenvalue weighted by Crippen LogP contribution is -2.84. The molecule has 186 valence electrons. The van der Waals surface area contributed by atoms with Crippen molar-refractivity contribution in [2.24, 2.45) is 34.0 Å². The van der Waals surface area contributed by atoms with Crippen LogP contribution in [0, 0.1) is 34.0 Å². The van der Waals surface area contributed by atoms with Crippen LogP contribution >= 0.6 is 0 Å². The number of hydrogen-bond donors (Lipinski definition) is 4. The Balaban J connectivity index is 1.72. The maximum absolute atomic E-state index is 12.3. The SMILES string of the molecule is CC(=O)OC[C@@]1(O)[C@@H]2CC[C@H]3[C@]45CCCC(C)(C)[C@H]4[C@H](OC(C)=O)[C@@](O)(OC5)[C@]3(C2O)[C@@H]1O. The van der Waals surface area contributed by atoms with E-state index in [1.54, 1.807) is 0 Å². The van der Waals surface area contributed by atoms with Crippen LogP contribution in [-0.2, 0) is 23.8 Å². The predicted molar refractivity (Wildman–Crippen MR) is 112 cm³/mol. The number of carbonyl (C=O) groups excluding carboxylic acids is 2.